The SMILES string of the molecule is O=C(Nc1ccc(SCc2ccccc2)cc1)c1ccc(F)cc1. The average Bonchev–Trinajstić information content (AvgIpc) is 2.62. The molecule has 0 heterocycles. The molecular formula is C20H16FNOS. The van der Waals surface area contributed by atoms with E-state index < -0.39 is 0 Å². The molecule has 0 bridgehead atoms. The van der Waals surface area contributed by atoms with Crippen LogP contribution in [0.4, 0.5) is 10.1 Å². The zero-order chi connectivity index (χ0) is 16.8. The zero-order valence-electron chi connectivity index (χ0n) is 12.9. The number of hydrogen-bond acceptors (Lipinski definition) is 2. The molecule has 3 aromatic rings. The Bertz CT molecular complexity index is 801. The van der Waals surface area contributed by atoms with Gasteiger partial charge in [-0.25, -0.2) is 4.39 Å². The summed E-state index contributed by atoms with van der Waals surface area (Å²) in [6, 6.07) is 23.5. The molecular weight excluding hydrogens is 321 g/mol. The Morgan fingerprint density at radius 3 is 2.21 bits per heavy atom. The van der Waals surface area contributed by atoms with E-state index in [1.54, 1.807) is 11.8 Å². The van der Waals surface area contributed by atoms with Crippen LogP contribution < -0.4 is 5.32 Å². The van der Waals surface area contributed by atoms with E-state index in [0.29, 0.717) is 11.3 Å². The highest BCUT2D eigenvalue weighted by atomic mass is 32.2. The van der Waals surface area contributed by atoms with Gasteiger partial charge >= 0.3 is 0 Å². The number of halogens is 1. The van der Waals surface area contributed by atoms with Gasteiger partial charge in [0.05, 0.1) is 0 Å². The maximum absolute atomic E-state index is 12.9. The average molecular weight is 337 g/mol. The quantitative estimate of drug-likeness (QED) is 0.634. The molecule has 0 saturated carbocycles. The fourth-order valence-electron chi connectivity index (χ4n) is 2.18. The first-order chi connectivity index (χ1) is 11.7. The fourth-order valence-corrected chi connectivity index (χ4v) is 3.03. The minimum absolute atomic E-state index is 0.250. The van der Waals surface area contributed by atoms with E-state index in [9.17, 15) is 9.18 Å². The van der Waals surface area contributed by atoms with Crippen molar-refractivity contribution in [3.8, 4) is 0 Å². The Labute approximate surface area is 144 Å². The third-order valence-electron chi connectivity index (χ3n) is 3.47. The monoisotopic (exact) mass is 337 g/mol. The minimum atomic E-state index is -0.355. The van der Waals surface area contributed by atoms with Gasteiger partial charge in [-0.3, -0.25) is 4.79 Å². The summed E-state index contributed by atoms with van der Waals surface area (Å²) in [6.07, 6.45) is 0. The first kappa shape index (κ1) is 16.3. The van der Waals surface area contributed by atoms with Gasteiger partial charge in [0.1, 0.15) is 5.82 Å². The lowest BCUT2D eigenvalue weighted by Crippen LogP contribution is -2.11. The van der Waals surface area contributed by atoms with Crippen LogP contribution in [-0.2, 0) is 5.75 Å². The van der Waals surface area contributed by atoms with Crippen LogP contribution in [0.25, 0.3) is 0 Å². The lowest BCUT2D eigenvalue weighted by molar-refractivity contribution is 0.102. The third kappa shape index (κ3) is 4.46. The summed E-state index contributed by atoms with van der Waals surface area (Å²) in [5.74, 6) is 0.299. The van der Waals surface area contributed by atoms with Crippen LogP contribution in [-0.4, -0.2) is 5.91 Å². The number of carbonyl (C=O) groups is 1. The van der Waals surface area contributed by atoms with Crippen LogP contribution in [0.3, 0.4) is 0 Å². The maximum Gasteiger partial charge on any atom is 0.255 e. The van der Waals surface area contributed by atoms with E-state index in [-0.39, 0.29) is 11.7 Å². The van der Waals surface area contributed by atoms with Crippen molar-refractivity contribution >= 4 is 23.4 Å². The van der Waals surface area contributed by atoms with Gasteiger partial charge in [0, 0.05) is 21.9 Å². The highest BCUT2D eigenvalue weighted by molar-refractivity contribution is 7.98. The van der Waals surface area contributed by atoms with Gasteiger partial charge in [0.25, 0.3) is 5.91 Å². The van der Waals surface area contributed by atoms with Gasteiger partial charge in [-0.2, -0.15) is 0 Å². The maximum atomic E-state index is 12.9. The van der Waals surface area contributed by atoms with Crippen LogP contribution in [0.15, 0.2) is 83.8 Å². The van der Waals surface area contributed by atoms with E-state index in [4.69, 9.17) is 0 Å². The third-order valence-corrected chi connectivity index (χ3v) is 4.55. The number of thioether (sulfide) groups is 1. The van der Waals surface area contributed by atoms with Crippen molar-refractivity contribution in [2.24, 2.45) is 0 Å². The van der Waals surface area contributed by atoms with Gasteiger partial charge < -0.3 is 5.32 Å². The molecule has 3 rings (SSSR count). The van der Waals surface area contributed by atoms with Gasteiger partial charge in [-0.1, -0.05) is 30.3 Å². The summed E-state index contributed by atoms with van der Waals surface area (Å²) in [4.78, 5) is 13.2. The van der Waals surface area contributed by atoms with E-state index in [1.165, 1.54) is 29.8 Å². The molecule has 0 unspecified atom stereocenters. The standard InChI is InChI=1S/C20H16FNOS/c21-17-8-6-16(7-9-17)20(23)22-18-10-12-19(13-11-18)24-14-15-4-2-1-3-5-15/h1-13H,14H2,(H,22,23). The molecule has 2 nitrogen and oxygen atoms in total. The Kier molecular flexibility index (Phi) is 5.29. The molecule has 1 N–H and O–H groups in total. The molecule has 1 amide bonds. The Morgan fingerprint density at radius 2 is 1.54 bits per heavy atom. The number of carbonyl (C=O) groups excluding carboxylic acids is 1. The summed E-state index contributed by atoms with van der Waals surface area (Å²) < 4.78 is 12.9. The first-order valence-corrected chi connectivity index (χ1v) is 8.53. The Balaban J connectivity index is 1.58. The normalized spacial score (nSPS) is 10.4. The number of anilines is 1. The van der Waals surface area contributed by atoms with Crippen molar-refractivity contribution in [3.63, 3.8) is 0 Å². The molecule has 0 fully saturated rings. The Hall–Kier alpha value is -2.59. The smallest absolute Gasteiger partial charge is 0.255 e. The van der Waals surface area contributed by atoms with E-state index in [2.05, 4.69) is 17.4 Å². The number of rotatable bonds is 5. The van der Waals surface area contributed by atoms with Crippen molar-refractivity contribution in [2.45, 2.75) is 10.6 Å². The van der Waals surface area contributed by atoms with Gasteiger partial charge in [-0.15, -0.1) is 11.8 Å². The summed E-state index contributed by atoms with van der Waals surface area (Å²) >= 11 is 1.74. The molecule has 0 spiro atoms. The van der Waals surface area contributed by atoms with Gasteiger partial charge in [0.2, 0.25) is 0 Å². The summed E-state index contributed by atoms with van der Waals surface area (Å²) in [6.45, 7) is 0. The summed E-state index contributed by atoms with van der Waals surface area (Å²) in [5.41, 5.74) is 2.42. The summed E-state index contributed by atoms with van der Waals surface area (Å²) in [7, 11) is 0. The topological polar surface area (TPSA) is 29.1 Å². The van der Waals surface area contributed by atoms with E-state index in [1.807, 2.05) is 42.5 Å². The first-order valence-electron chi connectivity index (χ1n) is 7.54. The number of nitrogens with one attached hydrogen (secondary N) is 1. The molecule has 0 atom stereocenters. The Morgan fingerprint density at radius 1 is 0.875 bits per heavy atom. The fraction of sp³-hybridized carbons (Fsp3) is 0.0500. The molecule has 4 heteroatoms. The molecule has 0 aliphatic rings. The molecule has 0 aliphatic heterocycles. The zero-order valence-corrected chi connectivity index (χ0v) is 13.7. The van der Waals surface area contributed by atoms with Crippen LogP contribution in [0.5, 0.6) is 0 Å². The number of amides is 1. The minimum Gasteiger partial charge on any atom is -0.322 e. The van der Waals surface area contributed by atoms with E-state index in [0.717, 1.165) is 10.6 Å². The lowest BCUT2D eigenvalue weighted by atomic mass is 10.2. The highest BCUT2D eigenvalue weighted by Crippen LogP contribution is 2.24. The summed E-state index contributed by atoms with van der Waals surface area (Å²) in [5, 5.41) is 2.81. The largest absolute Gasteiger partial charge is 0.322 e. The van der Waals surface area contributed by atoms with E-state index >= 15 is 0 Å². The highest BCUT2D eigenvalue weighted by Gasteiger charge is 2.06. The predicted molar refractivity (Wildman–Crippen MR) is 96.8 cm³/mol. The molecule has 0 aromatic heterocycles. The lowest BCUT2D eigenvalue weighted by Gasteiger charge is -2.07. The van der Waals surface area contributed by atoms with Crippen molar-refractivity contribution in [2.75, 3.05) is 5.32 Å². The molecule has 0 radical (unpaired) electrons. The van der Waals surface area contributed by atoms with Gasteiger partial charge in [0.15, 0.2) is 0 Å². The predicted octanol–water partition coefficient (Wildman–Crippen LogP) is 5.37. The van der Waals surface area contributed by atoms with Crippen molar-refractivity contribution in [1.82, 2.24) is 0 Å². The number of hydrogen-bond donors (Lipinski definition) is 1. The van der Waals surface area contributed by atoms with Gasteiger partial charge in [-0.05, 0) is 54.1 Å². The van der Waals surface area contributed by atoms with Crippen LogP contribution in [0.1, 0.15) is 15.9 Å². The van der Waals surface area contributed by atoms with Crippen LogP contribution in [0, 0.1) is 5.82 Å². The molecule has 3 aromatic carbocycles. The van der Waals surface area contributed by atoms with Crippen LogP contribution >= 0.6 is 11.8 Å². The second kappa shape index (κ2) is 7.79. The second-order valence-electron chi connectivity index (χ2n) is 5.26. The number of benzene rings is 3. The van der Waals surface area contributed by atoms with Crippen molar-refractivity contribution in [3.05, 3.63) is 95.8 Å². The van der Waals surface area contributed by atoms with Crippen molar-refractivity contribution in [1.29, 1.82) is 0 Å². The molecule has 0 saturated heterocycles. The van der Waals surface area contributed by atoms with Crippen LogP contribution in [0.2, 0.25) is 0 Å². The molecule has 0 aliphatic carbocycles. The van der Waals surface area contributed by atoms with Crippen molar-refractivity contribution < 1.29 is 9.18 Å². The second-order valence-corrected chi connectivity index (χ2v) is 6.31. The molecule has 120 valence electrons. The molecule has 24 heavy (non-hydrogen) atoms.